The number of benzene rings is 4. The summed E-state index contributed by atoms with van der Waals surface area (Å²) in [6.07, 6.45) is 8.95. The Morgan fingerprint density at radius 1 is 0.425 bits per heavy atom. The molecule has 0 saturated carbocycles. The number of unbranched alkanes of at least 4 members (excludes halogenated alkanes) is 2. The predicted molar refractivity (Wildman–Crippen MR) is 182 cm³/mol. The summed E-state index contributed by atoms with van der Waals surface area (Å²) < 4.78 is 0. The molecular formula is C38H40P2. The number of allylic oxidation sites excluding steroid dienone is 2. The van der Waals surface area contributed by atoms with Gasteiger partial charge in [-0.1, -0.05) is 146 Å². The van der Waals surface area contributed by atoms with Crippen LogP contribution in [0.3, 0.4) is 0 Å². The van der Waals surface area contributed by atoms with E-state index in [1.54, 1.807) is 0 Å². The molecule has 2 heteroatoms. The molecule has 0 N–H and O–H groups in total. The highest BCUT2D eigenvalue weighted by Crippen LogP contribution is 2.36. The van der Waals surface area contributed by atoms with Gasteiger partial charge in [-0.3, -0.25) is 0 Å². The summed E-state index contributed by atoms with van der Waals surface area (Å²) in [6.45, 7) is 8.48. The van der Waals surface area contributed by atoms with Crippen molar-refractivity contribution in [3.05, 3.63) is 146 Å². The van der Waals surface area contributed by atoms with Crippen LogP contribution in [-0.2, 0) is 0 Å². The average Bonchev–Trinajstić information content (AvgIpc) is 3.02. The van der Waals surface area contributed by atoms with Crippen LogP contribution in [0.5, 0.6) is 0 Å². The van der Waals surface area contributed by atoms with E-state index < -0.39 is 0 Å². The first kappa shape index (κ1) is 29.8. The van der Waals surface area contributed by atoms with Crippen molar-refractivity contribution in [1.29, 1.82) is 0 Å². The van der Waals surface area contributed by atoms with Crippen molar-refractivity contribution in [1.82, 2.24) is 0 Å². The SMILES string of the molecule is C=C(C#CC(=C)CCCCP(c1ccccc1)c1ccccc1)CCCCP(c1ccccc1)c1ccccc1. The first-order valence-electron chi connectivity index (χ1n) is 14.3. The first-order valence-corrected chi connectivity index (χ1v) is 17.4. The molecule has 0 radical (unpaired) electrons. The Morgan fingerprint density at radius 2 is 0.700 bits per heavy atom. The number of hydrogen-bond acceptors (Lipinski definition) is 0. The lowest BCUT2D eigenvalue weighted by atomic mass is 10.1. The second-order valence-electron chi connectivity index (χ2n) is 10.0. The molecule has 0 nitrogen and oxygen atoms in total. The minimum Gasteiger partial charge on any atom is -0.0874 e. The Morgan fingerprint density at radius 3 is 0.975 bits per heavy atom. The third-order valence-electron chi connectivity index (χ3n) is 6.91. The lowest BCUT2D eigenvalue weighted by molar-refractivity contribution is 0.805. The largest absolute Gasteiger partial charge is 0.0874 e. The van der Waals surface area contributed by atoms with Gasteiger partial charge < -0.3 is 0 Å². The standard InChI is InChI=1S/C38H40P2/c1-33(19-15-17-31-39(35-21-7-3-8-22-35)36-23-9-4-10-24-36)29-30-34(2)20-16-18-32-40(37-25-11-5-12-26-37)38-27-13-6-14-28-38/h3-14,21-28H,1-2,15-20,31-32H2. The van der Waals surface area contributed by atoms with Crippen molar-refractivity contribution in [2.45, 2.75) is 38.5 Å². The maximum absolute atomic E-state index is 4.24. The Labute approximate surface area is 244 Å². The molecule has 0 fully saturated rings. The van der Waals surface area contributed by atoms with E-state index >= 15 is 0 Å². The molecule has 4 aromatic carbocycles. The molecule has 0 unspecified atom stereocenters. The van der Waals surface area contributed by atoms with Gasteiger partial charge in [0.2, 0.25) is 0 Å². The Balaban J connectivity index is 1.19. The molecule has 0 bridgehead atoms. The molecule has 0 aliphatic heterocycles. The molecule has 0 aliphatic rings. The van der Waals surface area contributed by atoms with Gasteiger partial charge in [0.05, 0.1) is 0 Å². The summed E-state index contributed by atoms with van der Waals surface area (Å²) >= 11 is 0. The summed E-state index contributed by atoms with van der Waals surface area (Å²) in [5.41, 5.74) is 2.06. The normalized spacial score (nSPS) is 10.8. The Bertz CT molecular complexity index is 1180. The van der Waals surface area contributed by atoms with Gasteiger partial charge in [-0.25, -0.2) is 0 Å². The van der Waals surface area contributed by atoms with Crippen LogP contribution in [0.15, 0.2) is 146 Å². The molecule has 40 heavy (non-hydrogen) atoms. The van der Waals surface area contributed by atoms with Gasteiger partial charge in [-0.15, -0.1) is 0 Å². The van der Waals surface area contributed by atoms with Gasteiger partial charge in [-0.05, 0) is 99.1 Å². The van der Waals surface area contributed by atoms with Crippen LogP contribution in [0, 0.1) is 11.8 Å². The van der Waals surface area contributed by atoms with Crippen LogP contribution < -0.4 is 21.2 Å². The zero-order valence-corrected chi connectivity index (χ0v) is 25.3. The monoisotopic (exact) mass is 558 g/mol. The fourth-order valence-corrected chi connectivity index (χ4v) is 9.60. The van der Waals surface area contributed by atoms with Gasteiger partial charge in [0.25, 0.3) is 0 Å². The van der Waals surface area contributed by atoms with Gasteiger partial charge in [0, 0.05) is 0 Å². The Kier molecular flexibility index (Phi) is 12.5. The fourth-order valence-electron chi connectivity index (χ4n) is 4.76. The minimum atomic E-state index is -0.322. The molecule has 0 aromatic heterocycles. The zero-order chi connectivity index (χ0) is 27.8. The van der Waals surface area contributed by atoms with E-state index in [1.807, 2.05) is 0 Å². The second kappa shape index (κ2) is 16.8. The van der Waals surface area contributed by atoms with E-state index in [1.165, 1.54) is 46.4 Å². The quantitative estimate of drug-likeness (QED) is 0.0825. The third kappa shape index (κ3) is 9.76. The molecule has 4 aromatic rings. The topological polar surface area (TPSA) is 0 Å². The van der Waals surface area contributed by atoms with Crippen molar-refractivity contribution in [2.24, 2.45) is 0 Å². The minimum absolute atomic E-state index is 0.322. The molecule has 0 heterocycles. The van der Waals surface area contributed by atoms with Crippen molar-refractivity contribution in [3.8, 4) is 11.8 Å². The lowest BCUT2D eigenvalue weighted by Gasteiger charge is -2.18. The van der Waals surface area contributed by atoms with Crippen LogP contribution >= 0.6 is 15.8 Å². The summed E-state index contributed by atoms with van der Waals surface area (Å²) in [7, 11) is -0.644. The lowest BCUT2D eigenvalue weighted by Crippen LogP contribution is -2.13. The van der Waals surface area contributed by atoms with E-state index in [9.17, 15) is 0 Å². The van der Waals surface area contributed by atoms with Crippen molar-refractivity contribution in [2.75, 3.05) is 12.3 Å². The van der Waals surface area contributed by atoms with Crippen LogP contribution in [0.1, 0.15) is 38.5 Å². The van der Waals surface area contributed by atoms with Crippen LogP contribution in [0.25, 0.3) is 0 Å². The zero-order valence-electron chi connectivity index (χ0n) is 23.5. The smallest absolute Gasteiger partial charge is 0.00479 e. The highest BCUT2D eigenvalue weighted by atomic mass is 31.1. The first-order chi connectivity index (χ1) is 19.7. The molecule has 4 rings (SSSR count). The van der Waals surface area contributed by atoms with Crippen molar-refractivity contribution in [3.63, 3.8) is 0 Å². The summed E-state index contributed by atoms with van der Waals surface area (Å²) in [5, 5.41) is 5.83. The van der Waals surface area contributed by atoms with Crippen LogP contribution in [0.4, 0.5) is 0 Å². The van der Waals surface area contributed by atoms with Gasteiger partial charge in [0.15, 0.2) is 0 Å². The maximum atomic E-state index is 4.24. The Hall–Kier alpha value is -3.22. The number of hydrogen-bond donors (Lipinski definition) is 0. The van der Waals surface area contributed by atoms with Crippen molar-refractivity contribution < 1.29 is 0 Å². The van der Waals surface area contributed by atoms with E-state index in [0.29, 0.717) is 0 Å². The summed E-state index contributed by atoms with van der Waals surface area (Å²) in [6, 6.07) is 43.9. The molecule has 0 aliphatic carbocycles. The molecular weight excluding hydrogens is 518 g/mol. The van der Waals surface area contributed by atoms with Crippen LogP contribution in [-0.4, -0.2) is 12.3 Å². The van der Waals surface area contributed by atoms with Gasteiger partial charge >= 0.3 is 0 Å². The summed E-state index contributed by atoms with van der Waals surface area (Å²) in [4.78, 5) is 0. The van der Waals surface area contributed by atoms with Crippen LogP contribution in [0.2, 0.25) is 0 Å². The molecule has 0 atom stereocenters. The van der Waals surface area contributed by atoms with Gasteiger partial charge in [-0.2, -0.15) is 0 Å². The van der Waals surface area contributed by atoms with Gasteiger partial charge in [0.1, 0.15) is 0 Å². The molecule has 0 amide bonds. The van der Waals surface area contributed by atoms with Crippen molar-refractivity contribution >= 4 is 37.1 Å². The predicted octanol–water partition coefficient (Wildman–Crippen LogP) is 8.71. The fraction of sp³-hybridized carbons (Fsp3) is 0.211. The second-order valence-corrected chi connectivity index (χ2v) is 14.7. The molecule has 0 saturated heterocycles. The van der Waals surface area contributed by atoms with E-state index in [-0.39, 0.29) is 15.8 Å². The maximum Gasteiger partial charge on any atom is -0.00479 e. The molecule has 202 valence electrons. The third-order valence-corrected chi connectivity index (χ3v) is 12.1. The number of rotatable bonds is 14. The van der Waals surface area contributed by atoms with E-state index in [2.05, 4.69) is 146 Å². The highest BCUT2D eigenvalue weighted by molar-refractivity contribution is 7.73. The van der Waals surface area contributed by atoms with E-state index in [0.717, 1.165) is 36.8 Å². The average molecular weight is 559 g/mol. The summed E-state index contributed by atoms with van der Waals surface area (Å²) in [5.74, 6) is 6.60. The highest BCUT2D eigenvalue weighted by Gasteiger charge is 2.14. The molecule has 0 spiro atoms. The van der Waals surface area contributed by atoms with E-state index in [4.69, 9.17) is 0 Å².